The van der Waals surface area contributed by atoms with Gasteiger partial charge in [-0.25, -0.2) is 0 Å². The molecule has 0 unspecified atom stereocenters. The minimum absolute atomic E-state index is 0.134. The molecule has 1 saturated heterocycles. The molecule has 3 heterocycles. The molecule has 1 aliphatic heterocycles. The van der Waals surface area contributed by atoms with Crippen molar-refractivity contribution in [3.63, 3.8) is 0 Å². The lowest BCUT2D eigenvalue weighted by molar-refractivity contribution is -0.127. The summed E-state index contributed by atoms with van der Waals surface area (Å²) in [5.74, 6) is 0.134. The molecule has 1 amide bonds. The van der Waals surface area contributed by atoms with Gasteiger partial charge in [0, 0.05) is 68.5 Å². The minimum atomic E-state index is 0.134. The van der Waals surface area contributed by atoms with E-state index in [-0.39, 0.29) is 11.9 Å². The second-order valence-corrected chi connectivity index (χ2v) is 7.74. The molecule has 1 fully saturated rings. The zero-order chi connectivity index (χ0) is 20.0. The van der Waals surface area contributed by atoms with E-state index < -0.39 is 0 Å². The van der Waals surface area contributed by atoms with E-state index in [1.165, 1.54) is 10.9 Å². The molecular weight excluding hydrogens is 362 g/mol. The predicted molar refractivity (Wildman–Crippen MR) is 116 cm³/mol. The smallest absolute Gasteiger partial charge is 0.219 e. The summed E-state index contributed by atoms with van der Waals surface area (Å²) in [5, 5.41) is 4.82. The Labute approximate surface area is 169 Å². The van der Waals surface area contributed by atoms with E-state index in [2.05, 4.69) is 63.4 Å². The highest BCUT2D eigenvalue weighted by molar-refractivity contribution is 5.97. The maximum absolute atomic E-state index is 11.6. The first-order chi connectivity index (χ1) is 14.1. The van der Waals surface area contributed by atoms with Crippen LogP contribution >= 0.6 is 0 Å². The fraction of sp³-hybridized carbons (Fsp3) is 0.261. The number of aromatic nitrogens is 3. The van der Waals surface area contributed by atoms with E-state index in [1.807, 2.05) is 11.0 Å². The number of nitrogens with one attached hydrogen (secondary N) is 1. The van der Waals surface area contributed by atoms with E-state index >= 15 is 0 Å². The number of carbonyl (C=O) groups excluding carboxylic acids is 1. The number of nitrogens with zero attached hydrogens (tertiary/aromatic N) is 4. The van der Waals surface area contributed by atoms with Gasteiger partial charge in [-0.3, -0.25) is 14.8 Å². The molecule has 0 radical (unpaired) electrons. The summed E-state index contributed by atoms with van der Waals surface area (Å²) in [6.07, 6.45) is 6.49. The van der Waals surface area contributed by atoms with Crippen molar-refractivity contribution >= 4 is 33.5 Å². The van der Waals surface area contributed by atoms with Crippen molar-refractivity contribution < 1.29 is 4.79 Å². The van der Waals surface area contributed by atoms with Crippen LogP contribution in [0.1, 0.15) is 13.3 Å². The third kappa shape index (κ3) is 3.20. The van der Waals surface area contributed by atoms with Crippen LogP contribution in [0.25, 0.3) is 33.1 Å². The number of rotatable bonds is 3. The van der Waals surface area contributed by atoms with Gasteiger partial charge in [0.05, 0.1) is 11.0 Å². The molecule has 0 saturated carbocycles. The van der Waals surface area contributed by atoms with E-state index in [4.69, 9.17) is 0 Å². The minimum Gasteiger partial charge on any atom is -0.380 e. The van der Waals surface area contributed by atoms with Gasteiger partial charge in [-0.2, -0.15) is 0 Å². The monoisotopic (exact) mass is 385 g/mol. The molecule has 6 nitrogen and oxygen atoms in total. The van der Waals surface area contributed by atoms with Crippen LogP contribution in [0.15, 0.2) is 55.0 Å². The lowest BCUT2D eigenvalue weighted by Gasteiger charge is -2.17. The molecule has 1 N–H and O–H groups in total. The number of aryl methyl sites for hydroxylation is 1. The number of hydrogen-bond donors (Lipinski definition) is 1. The number of fused-ring (bicyclic) bond motifs is 2. The van der Waals surface area contributed by atoms with Crippen LogP contribution in [-0.4, -0.2) is 44.5 Å². The fourth-order valence-electron chi connectivity index (χ4n) is 4.21. The van der Waals surface area contributed by atoms with Gasteiger partial charge in [0.1, 0.15) is 0 Å². The Bertz CT molecular complexity index is 1230. The maximum Gasteiger partial charge on any atom is 0.219 e. The summed E-state index contributed by atoms with van der Waals surface area (Å²) < 4.78 is 2.13. The quantitative estimate of drug-likeness (QED) is 0.582. The molecule has 29 heavy (non-hydrogen) atoms. The Morgan fingerprint density at radius 3 is 2.83 bits per heavy atom. The van der Waals surface area contributed by atoms with Gasteiger partial charge in [0.15, 0.2) is 0 Å². The standard InChI is InChI=1S/C23H23N5O/c1-15(29)28-10-6-18(14-28)26-19-12-20(23-21(13-19)24-7-8-25-23)17-4-3-16-5-9-27(2)22(16)11-17/h3-5,7-9,11-13,18,26H,6,10,14H2,1-2H3/t18-/m0/s1. The SMILES string of the molecule is CC(=O)N1CC[C@H](Nc2cc(-c3ccc4ccn(C)c4c3)c3nccnc3c2)C1. The van der Waals surface area contributed by atoms with Gasteiger partial charge in [-0.05, 0) is 41.6 Å². The largest absolute Gasteiger partial charge is 0.380 e. The molecule has 4 aromatic rings. The first-order valence-corrected chi connectivity index (χ1v) is 9.91. The van der Waals surface area contributed by atoms with Gasteiger partial charge in [-0.1, -0.05) is 12.1 Å². The van der Waals surface area contributed by atoms with Crippen LogP contribution in [0.4, 0.5) is 5.69 Å². The molecule has 1 atom stereocenters. The van der Waals surface area contributed by atoms with E-state index in [1.54, 1.807) is 19.3 Å². The highest BCUT2D eigenvalue weighted by Gasteiger charge is 2.24. The predicted octanol–water partition coefficient (Wildman–Crippen LogP) is 3.82. The van der Waals surface area contributed by atoms with Crippen LogP contribution in [0.2, 0.25) is 0 Å². The van der Waals surface area contributed by atoms with Crippen LogP contribution in [0, 0.1) is 0 Å². The summed E-state index contributed by atoms with van der Waals surface area (Å²) in [7, 11) is 2.06. The van der Waals surface area contributed by atoms with Crippen LogP contribution in [0.3, 0.4) is 0 Å². The Balaban J connectivity index is 1.57. The van der Waals surface area contributed by atoms with Gasteiger partial charge in [0.25, 0.3) is 0 Å². The van der Waals surface area contributed by atoms with Crippen LogP contribution < -0.4 is 5.32 Å². The third-order valence-corrected chi connectivity index (χ3v) is 5.78. The first kappa shape index (κ1) is 17.7. The molecule has 2 aromatic heterocycles. The topological polar surface area (TPSA) is 63.1 Å². The van der Waals surface area contributed by atoms with Gasteiger partial charge in [0.2, 0.25) is 5.91 Å². The molecule has 2 aromatic carbocycles. The second kappa shape index (κ2) is 6.88. The highest BCUT2D eigenvalue weighted by Crippen LogP contribution is 2.32. The molecule has 5 rings (SSSR count). The normalized spacial score (nSPS) is 16.6. The molecule has 0 bridgehead atoms. The van der Waals surface area contributed by atoms with Crippen molar-refractivity contribution in [1.29, 1.82) is 0 Å². The molecule has 6 heteroatoms. The van der Waals surface area contributed by atoms with E-state index in [0.717, 1.165) is 47.4 Å². The second-order valence-electron chi connectivity index (χ2n) is 7.74. The Morgan fingerprint density at radius 2 is 2.00 bits per heavy atom. The number of benzene rings is 2. The number of anilines is 1. The van der Waals surface area contributed by atoms with E-state index in [0.29, 0.717) is 0 Å². The van der Waals surface area contributed by atoms with Crippen molar-refractivity contribution in [3.05, 3.63) is 55.0 Å². The van der Waals surface area contributed by atoms with Crippen molar-refractivity contribution in [3.8, 4) is 11.1 Å². The average Bonchev–Trinajstić information content (AvgIpc) is 3.34. The van der Waals surface area contributed by atoms with Gasteiger partial charge in [-0.15, -0.1) is 0 Å². The van der Waals surface area contributed by atoms with Crippen molar-refractivity contribution in [2.24, 2.45) is 7.05 Å². The molecule has 146 valence electrons. The Kier molecular flexibility index (Phi) is 4.19. The van der Waals surface area contributed by atoms with Crippen molar-refractivity contribution in [1.82, 2.24) is 19.4 Å². The summed E-state index contributed by atoms with van der Waals surface area (Å²) in [4.78, 5) is 22.7. The summed E-state index contributed by atoms with van der Waals surface area (Å²) in [6.45, 7) is 3.17. The summed E-state index contributed by atoms with van der Waals surface area (Å²) in [5.41, 5.74) is 6.12. The van der Waals surface area contributed by atoms with Crippen molar-refractivity contribution in [2.45, 2.75) is 19.4 Å². The van der Waals surface area contributed by atoms with E-state index in [9.17, 15) is 4.79 Å². The zero-order valence-electron chi connectivity index (χ0n) is 16.6. The molecule has 0 aliphatic carbocycles. The molecule has 1 aliphatic rings. The number of likely N-dealkylation sites (tertiary alicyclic amines) is 1. The number of amides is 1. The first-order valence-electron chi connectivity index (χ1n) is 9.91. The Hall–Kier alpha value is -3.41. The maximum atomic E-state index is 11.6. The molecular formula is C23H23N5O. The van der Waals surface area contributed by atoms with Crippen molar-refractivity contribution in [2.75, 3.05) is 18.4 Å². The lowest BCUT2D eigenvalue weighted by atomic mass is 10.0. The summed E-state index contributed by atoms with van der Waals surface area (Å²) in [6, 6.07) is 13.1. The van der Waals surface area contributed by atoms with Gasteiger partial charge < -0.3 is 14.8 Å². The number of carbonyl (C=O) groups is 1. The lowest BCUT2D eigenvalue weighted by Crippen LogP contribution is -2.29. The number of hydrogen-bond acceptors (Lipinski definition) is 4. The van der Waals surface area contributed by atoms with Crippen LogP contribution in [-0.2, 0) is 11.8 Å². The highest BCUT2D eigenvalue weighted by atomic mass is 16.2. The third-order valence-electron chi connectivity index (χ3n) is 5.78. The fourth-order valence-corrected chi connectivity index (χ4v) is 4.21. The summed E-state index contributed by atoms with van der Waals surface area (Å²) >= 11 is 0. The molecule has 0 spiro atoms. The average molecular weight is 385 g/mol. The Morgan fingerprint density at radius 1 is 1.14 bits per heavy atom. The van der Waals surface area contributed by atoms with Gasteiger partial charge >= 0.3 is 0 Å². The zero-order valence-corrected chi connectivity index (χ0v) is 16.6. The van der Waals surface area contributed by atoms with Crippen LogP contribution in [0.5, 0.6) is 0 Å².